The summed E-state index contributed by atoms with van der Waals surface area (Å²) in [6.07, 6.45) is 1.56. The molecular formula is C9H19NO2. The van der Waals surface area contributed by atoms with Gasteiger partial charge in [-0.25, -0.2) is 0 Å². The summed E-state index contributed by atoms with van der Waals surface area (Å²) in [7, 11) is 0. The van der Waals surface area contributed by atoms with E-state index in [1.165, 1.54) is 0 Å². The van der Waals surface area contributed by atoms with Crippen LogP contribution < -0.4 is 5.32 Å². The highest BCUT2D eigenvalue weighted by Gasteiger charge is 2.22. The highest BCUT2D eigenvalue weighted by atomic mass is 16.6. The maximum Gasteiger partial charge on any atom is 0.169 e. The van der Waals surface area contributed by atoms with Crippen LogP contribution in [0.4, 0.5) is 0 Å². The maximum absolute atomic E-state index is 9.51. The molecule has 12 heavy (non-hydrogen) atoms. The monoisotopic (exact) mass is 173 g/mol. The minimum absolute atomic E-state index is 0.156. The van der Waals surface area contributed by atoms with Gasteiger partial charge < -0.3 is 15.2 Å². The van der Waals surface area contributed by atoms with Crippen LogP contribution in [-0.4, -0.2) is 30.6 Å². The van der Waals surface area contributed by atoms with Crippen LogP contribution in [0.25, 0.3) is 0 Å². The van der Waals surface area contributed by atoms with Crippen molar-refractivity contribution in [2.24, 2.45) is 5.92 Å². The van der Waals surface area contributed by atoms with Gasteiger partial charge in [0.15, 0.2) is 6.29 Å². The molecule has 1 heterocycles. The van der Waals surface area contributed by atoms with Crippen LogP contribution in [-0.2, 0) is 4.74 Å². The van der Waals surface area contributed by atoms with Gasteiger partial charge in [0.05, 0.1) is 12.6 Å². The van der Waals surface area contributed by atoms with Crippen molar-refractivity contribution in [2.45, 2.75) is 39.0 Å². The van der Waals surface area contributed by atoms with E-state index in [0.29, 0.717) is 12.5 Å². The molecule has 1 rings (SSSR count). The van der Waals surface area contributed by atoms with E-state index in [1.54, 1.807) is 0 Å². The van der Waals surface area contributed by atoms with Gasteiger partial charge in [0.2, 0.25) is 0 Å². The summed E-state index contributed by atoms with van der Waals surface area (Å²) >= 11 is 0. The molecule has 1 fully saturated rings. The van der Waals surface area contributed by atoms with E-state index in [2.05, 4.69) is 19.2 Å². The predicted molar refractivity (Wildman–Crippen MR) is 47.8 cm³/mol. The van der Waals surface area contributed by atoms with Gasteiger partial charge in [-0.05, 0) is 25.3 Å². The van der Waals surface area contributed by atoms with Crippen molar-refractivity contribution in [3.05, 3.63) is 0 Å². The molecular weight excluding hydrogens is 154 g/mol. The van der Waals surface area contributed by atoms with E-state index < -0.39 is 6.29 Å². The van der Waals surface area contributed by atoms with E-state index in [-0.39, 0.29) is 6.04 Å². The molecule has 2 unspecified atom stereocenters. The van der Waals surface area contributed by atoms with Crippen LogP contribution in [0.1, 0.15) is 26.7 Å². The third-order valence-corrected chi connectivity index (χ3v) is 2.04. The fraction of sp³-hybridized carbons (Fsp3) is 1.00. The molecule has 2 atom stereocenters. The summed E-state index contributed by atoms with van der Waals surface area (Å²) in [4.78, 5) is 0. The number of hydrogen-bond acceptors (Lipinski definition) is 3. The van der Waals surface area contributed by atoms with Crippen LogP contribution in [0.5, 0.6) is 0 Å². The average Bonchev–Trinajstić information content (AvgIpc) is 2.51. The summed E-state index contributed by atoms with van der Waals surface area (Å²) in [5, 5.41) is 12.7. The van der Waals surface area contributed by atoms with E-state index >= 15 is 0 Å². The Morgan fingerprint density at radius 3 is 2.83 bits per heavy atom. The van der Waals surface area contributed by atoms with Gasteiger partial charge in [-0.3, -0.25) is 0 Å². The second kappa shape index (κ2) is 4.80. The van der Waals surface area contributed by atoms with Gasteiger partial charge in [0, 0.05) is 0 Å². The van der Waals surface area contributed by atoms with Crippen LogP contribution in [0.3, 0.4) is 0 Å². The van der Waals surface area contributed by atoms with Gasteiger partial charge in [0.1, 0.15) is 0 Å². The molecule has 0 saturated carbocycles. The van der Waals surface area contributed by atoms with Gasteiger partial charge in [-0.15, -0.1) is 0 Å². The maximum atomic E-state index is 9.51. The summed E-state index contributed by atoms with van der Waals surface area (Å²) in [6, 6.07) is 0.156. The fourth-order valence-electron chi connectivity index (χ4n) is 1.36. The number of rotatable bonds is 4. The molecule has 1 saturated heterocycles. The Bertz CT molecular complexity index is 122. The van der Waals surface area contributed by atoms with E-state index in [1.807, 2.05) is 0 Å². The molecule has 72 valence electrons. The van der Waals surface area contributed by atoms with E-state index in [4.69, 9.17) is 4.74 Å². The Hall–Kier alpha value is -0.120. The lowest BCUT2D eigenvalue weighted by Gasteiger charge is -2.19. The average molecular weight is 173 g/mol. The normalized spacial score (nSPS) is 26.5. The quantitative estimate of drug-likeness (QED) is 0.616. The molecule has 0 radical (unpaired) electrons. The highest BCUT2D eigenvalue weighted by Crippen LogP contribution is 2.10. The predicted octanol–water partition coefficient (Wildman–Crippen LogP) is 0.729. The largest absolute Gasteiger partial charge is 0.367 e. The fourth-order valence-corrected chi connectivity index (χ4v) is 1.36. The zero-order chi connectivity index (χ0) is 8.97. The number of hydrogen-bond donors (Lipinski definition) is 2. The first-order valence-electron chi connectivity index (χ1n) is 4.73. The molecule has 0 aliphatic carbocycles. The Morgan fingerprint density at radius 1 is 1.58 bits per heavy atom. The van der Waals surface area contributed by atoms with Crippen molar-refractivity contribution < 1.29 is 9.84 Å². The van der Waals surface area contributed by atoms with E-state index in [9.17, 15) is 5.11 Å². The number of aliphatic hydroxyl groups is 1. The Labute approximate surface area is 74.1 Å². The summed E-state index contributed by atoms with van der Waals surface area (Å²) in [5.74, 6) is 0.487. The van der Waals surface area contributed by atoms with Crippen molar-refractivity contribution in [2.75, 3.05) is 13.2 Å². The van der Waals surface area contributed by atoms with Crippen molar-refractivity contribution in [3.8, 4) is 0 Å². The Kier molecular flexibility index (Phi) is 3.98. The summed E-state index contributed by atoms with van der Waals surface area (Å²) in [5.41, 5.74) is 0. The molecule has 3 heteroatoms. The number of ether oxygens (including phenoxy) is 1. The van der Waals surface area contributed by atoms with Crippen LogP contribution in [0.15, 0.2) is 0 Å². The lowest BCUT2D eigenvalue weighted by Crippen LogP contribution is -2.37. The molecule has 0 aromatic carbocycles. The minimum Gasteiger partial charge on any atom is -0.367 e. The molecule has 2 N–H and O–H groups in total. The SMILES string of the molecule is CC(C)COC(O)C1CCCN1. The topological polar surface area (TPSA) is 41.5 Å². The van der Waals surface area contributed by atoms with Crippen LogP contribution in [0.2, 0.25) is 0 Å². The number of nitrogens with one attached hydrogen (secondary N) is 1. The molecule has 0 spiro atoms. The smallest absolute Gasteiger partial charge is 0.169 e. The molecule has 3 nitrogen and oxygen atoms in total. The molecule has 0 aromatic rings. The number of aliphatic hydroxyl groups excluding tert-OH is 1. The lowest BCUT2D eigenvalue weighted by atomic mass is 10.2. The zero-order valence-corrected chi connectivity index (χ0v) is 7.92. The van der Waals surface area contributed by atoms with Crippen molar-refractivity contribution in [3.63, 3.8) is 0 Å². The van der Waals surface area contributed by atoms with Crippen LogP contribution in [0, 0.1) is 5.92 Å². The Balaban J connectivity index is 2.13. The third-order valence-electron chi connectivity index (χ3n) is 2.04. The van der Waals surface area contributed by atoms with Crippen molar-refractivity contribution in [1.29, 1.82) is 0 Å². The third kappa shape index (κ3) is 3.09. The van der Waals surface area contributed by atoms with Crippen molar-refractivity contribution >= 4 is 0 Å². The summed E-state index contributed by atoms with van der Waals surface area (Å²) in [6.45, 7) is 5.80. The van der Waals surface area contributed by atoms with Crippen LogP contribution >= 0.6 is 0 Å². The molecule has 0 amide bonds. The standard InChI is InChI=1S/C9H19NO2/c1-7(2)6-12-9(11)8-4-3-5-10-8/h7-11H,3-6H2,1-2H3. The molecule has 0 bridgehead atoms. The first kappa shape index (κ1) is 9.96. The zero-order valence-electron chi connectivity index (χ0n) is 7.92. The first-order valence-corrected chi connectivity index (χ1v) is 4.73. The van der Waals surface area contributed by atoms with Gasteiger partial charge in [-0.2, -0.15) is 0 Å². The van der Waals surface area contributed by atoms with E-state index in [0.717, 1.165) is 19.4 Å². The molecule has 0 aromatic heterocycles. The van der Waals surface area contributed by atoms with Gasteiger partial charge in [-0.1, -0.05) is 13.8 Å². The minimum atomic E-state index is -0.616. The molecule has 1 aliphatic rings. The lowest BCUT2D eigenvalue weighted by molar-refractivity contribution is -0.123. The van der Waals surface area contributed by atoms with Crippen molar-refractivity contribution in [1.82, 2.24) is 5.32 Å². The second-order valence-corrected chi connectivity index (χ2v) is 3.82. The Morgan fingerprint density at radius 2 is 2.33 bits per heavy atom. The summed E-state index contributed by atoms with van der Waals surface area (Å²) < 4.78 is 5.28. The van der Waals surface area contributed by atoms with Gasteiger partial charge >= 0.3 is 0 Å². The first-order chi connectivity index (χ1) is 5.70. The molecule has 1 aliphatic heterocycles. The second-order valence-electron chi connectivity index (χ2n) is 3.82. The van der Waals surface area contributed by atoms with Gasteiger partial charge in [0.25, 0.3) is 0 Å². The highest BCUT2D eigenvalue weighted by molar-refractivity contribution is 4.76.